The maximum atomic E-state index is 11.6. The van der Waals surface area contributed by atoms with E-state index in [-0.39, 0.29) is 11.9 Å². The van der Waals surface area contributed by atoms with Gasteiger partial charge in [0.2, 0.25) is 0 Å². The van der Waals surface area contributed by atoms with Crippen LogP contribution in [0.3, 0.4) is 0 Å². The average molecular weight is 289 g/mol. The summed E-state index contributed by atoms with van der Waals surface area (Å²) in [6.45, 7) is 5.85. The number of nitrogens with zero attached hydrogens (tertiary/aromatic N) is 1. The molecule has 1 unspecified atom stereocenters. The van der Waals surface area contributed by atoms with E-state index in [1.54, 1.807) is 7.11 Å². The van der Waals surface area contributed by atoms with E-state index >= 15 is 0 Å². The van der Waals surface area contributed by atoms with Gasteiger partial charge in [0.25, 0.3) is 0 Å². The van der Waals surface area contributed by atoms with E-state index in [0.717, 1.165) is 25.9 Å². The third kappa shape index (κ3) is 6.65. The normalized spacial score (nSPS) is 18.9. The fraction of sp³-hybridized carbons (Fsp3) is 0.929. The molecule has 1 aliphatic rings. The maximum Gasteiger partial charge on any atom is 0.309 e. The summed E-state index contributed by atoms with van der Waals surface area (Å²) in [5.74, 6) is -0.0723. The number of likely N-dealkylation sites (tertiary alicyclic amines) is 1. The monoisotopic (exact) mass is 289 g/mol. The van der Waals surface area contributed by atoms with E-state index in [1.165, 1.54) is 0 Å². The number of ether oxygens (including phenoxy) is 3. The summed E-state index contributed by atoms with van der Waals surface area (Å²) in [7, 11) is 1.62. The lowest BCUT2D eigenvalue weighted by Crippen LogP contribution is -2.42. The first-order chi connectivity index (χ1) is 9.67. The van der Waals surface area contributed by atoms with E-state index in [2.05, 4.69) is 4.90 Å². The average Bonchev–Trinajstić information content (AvgIpc) is 2.45. The molecule has 0 amide bonds. The third-order valence-electron chi connectivity index (χ3n) is 3.42. The molecule has 1 fully saturated rings. The van der Waals surface area contributed by atoms with Crippen molar-refractivity contribution < 1.29 is 24.1 Å². The van der Waals surface area contributed by atoms with Crippen molar-refractivity contribution in [3.63, 3.8) is 0 Å². The van der Waals surface area contributed by atoms with Crippen molar-refractivity contribution in [3.8, 4) is 0 Å². The van der Waals surface area contributed by atoms with E-state index in [0.29, 0.717) is 33.0 Å². The van der Waals surface area contributed by atoms with Gasteiger partial charge in [0.1, 0.15) is 0 Å². The Morgan fingerprint density at radius 2 is 2.05 bits per heavy atom. The van der Waals surface area contributed by atoms with Crippen LogP contribution in [0.15, 0.2) is 0 Å². The number of hydrogen-bond acceptors (Lipinski definition) is 6. The molecule has 0 aromatic carbocycles. The molecule has 0 aromatic rings. The van der Waals surface area contributed by atoms with Crippen LogP contribution in [0.25, 0.3) is 0 Å². The standard InChI is InChI=1S/C14H27NO5/c1-3-20-14(17)12-4-6-15(7-5-12)10-13(16)11-19-9-8-18-2/h12-13,16H,3-11H2,1-2H3. The summed E-state index contributed by atoms with van der Waals surface area (Å²) in [6, 6.07) is 0. The fourth-order valence-electron chi connectivity index (χ4n) is 2.32. The van der Waals surface area contributed by atoms with Crippen molar-refractivity contribution in [2.75, 3.05) is 53.2 Å². The van der Waals surface area contributed by atoms with Crippen LogP contribution in [0.1, 0.15) is 19.8 Å². The zero-order valence-corrected chi connectivity index (χ0v) is 12.5. The second-order valence-electron chi connectivity index (χ2n) is 5.05. The largest absolute Gasteiger partial charge is 0.466 e. The summed E-state index contributed by atoms with van der Waals surface area (Å²) in [6.07, 6.45) is 1.11. The van der Waals surface area contributed by atoms with Gasteiger partial charge < -0.3 is 24.2 Å². The van der Waals surface area contributed by atoms with Gasteiger partial charge in [0, 0.05) is 13.7 Å². The molecule has 1 aliphatic heterocycles. The molecule has 0 bridgehead atoms. The van der Waals surface area contributed by atoms with Crippen LogP contribution in [0.2, 0.25) is 0 Å². The Hall–Kier alpha value is -0.690. The van der Waals surface area contributed by atoms with Gasteiger partial charge in [0.15, 0.2) is 0 Å². The minimum absolute atomic E-state index is 0.0151. The predicted octanol–water partition coefficient (Wildman–Crippen LogP) is 0.285. The van der Waals surface area contributed by atoms with Gasteiger partial charge in [-0.2, -0.15) is 0 Å². The molecule has 1 rings (SSSR count). The second-order valence-corrected chi connectivity index (χ2v) is 5.05. The van der Waals surface area contributed by atoms with Crippen molar-refractivity contribution in [2.24, 2.45) is 5.92 Å². The van der Waals surface area contributed by atoms with Crippen molar-refractivity contribution in [2.45, 2.75) is 25.9 Å². The Labute approximate surface area is 121 Å². The van der Waals surface area contributed by atoms with Gasteiger partial charge >= 0.3 is 5.97 Å². The topological polar surface area (TPSA) is 68.2 Å². The number of piperidine rings is 1. The smallest absolute Gasteiger partial charge is 0.309 e. The number of methoxy groups -OCH3 is 1. The first-order valence-electron chi connectivity index (χ1n) is 7.31. The molecule has 118 valence electrons. The van der Waals surface area contributed by atoms with Crippen LogP contribution in [0, 0.1) is 5.92 Å². The Bertz CT molecular complexity index is 266. The van der Waals surface area contributed by atoms with Crippen molar-refractivity contribution in [1.82, 2.24) is 4.90 Å². The van der Waals surface area contributed by atoms with Gasteiger partial charge in [-0.3, -0.25) is 4.79 Å². The van der Waals surface area contributed by atoms with Crippen molar-refractivity contribution >= 4 is 5.97 Å². The molecular weight excluding hydrogens is 262 g/mol. The number of β-amino-alcohol motifs (C(OH)–C–C–N with tert-alkyl or cyclic N) is 1. The molecule has 1 N–H and O–H groups in total. The van der Waals surface area contributed by atoms with Crippen LogP contribution < -0.4 is 0 Å². The highest BCUT2D eigenvalue weighted by molar-refractivity contribution is 5.72. The SMILES string of the molecule is CCOC(=O)C1CCN(CC(O)COCCOC)CC1. The molecule has 6 nitrogen and oxygen atoms in total. The Kier molecular flexibility index (Phi) is 8.77. The molecule has 6 heteroatoms. The Morgan fingerprint density at radius 3 is 2.65 bits per heavy atom. The van der Waals surface area contributed by atoms with Gasteiger partial charge in [-0.1, -0.05) is 0 Å². The zero-order valence-electron chi connectivity index (χ0n) is 12.5. The summed E-state index contributed by atoms with van der Waals surface area (Å²) < 4.78 is 15.2. The summed E-state index contributed by atoms with van der Waals surface area (Å²) in [4.78, 5) is 13.8. The maximum absolute atomic E-state index is 11.6. The summed E-state index contributed by atoms with van der Waals surface area (Å²) in [5.41, 5.74) is 0. The van der Waals surface area contributed by atoms with Gasteiger partial charge in [-0.15, -0.1) is 0 Å². The predicted molar refractivity (Wildman–Crippen MR) is 74.5 cm³/mol. The fourth-order valence-corrected chi connectivity index (χ4v) is 2.32. The molecule has 0 radical (unpaired) electrons. The number of carbonyl (C=O) groups excluding carboxylic acids is 1. The molecule has 1 heterocycles. The number of rotatable bonds is 9. The first kappa shape index (κ1) is 17.4. The molecule has 0 saturated carbocycles. The number of hydrogen-bond donors (Lipinski definition) is 1. The molecule has 1 atom stereocenters. The van der Waals surface area contributed by atoms with E-state index in [4.69, 9.17) is 14.2 Å². The van der Waals surface area contributed by atoms with E-state index < -0.39 is 6.10 Å². The highest BCUT2D eigenvalue weighted by Crippen LogP contribution is 2.18. The van der Waals surface area contributed by atoms with Crippen LogP contribution >= 0.6 is 0 Å². The van der Waals surface area contributed by atoms with Crippen LogP contribution in [0.5, 0.6) is 0 Å². The van der Waals surface area contributed by atoms with Crippen LogP contribution in [-0.4, -0.2) is 75.3 Å². The lowest BCUT2D eigenvalue weighted by atomic mass is 9.97. The molecule has 0 spiro atoms. The first-order valence-corrected chi connectivity index (χ1v) is 7.31. The van der Waals surface area contributed by atoms with E-state index in [9.17, 15) is 9.90 Å². The third-order valence-corrected chi connectivity index (χ3v) is 3.42. The molecule has 1 saturated heterocycles. The Balaban J connectivity index is 2.13. The highest BCUT2D eigenvalue weighted by Gasteiger charge is 2.26. The molecule has 0 aliphatic carbocycles. The van der Waals surface area contributed by atoms with Crippen LogP contribution in [0.4, 0.5) is 0 Å². The molecule has 0 aromatic heterocycles. The van der Waals surface area contributed by atoms with Crippen molar-refractivity contribution in [1.29, 1.82) is 0 Å². The van der Waals surface area contributed by atoms with Crippen LogP contribution in [-0.2, 0) is 19.0 Å². The Morgan fingerprint density at radius 1 is 1.35 bits per heavy atom. The quantitative estimate of drug-likeness (QED) is 0.486. The number of carbonyl (C=O) groups is 1. The second kappa shape index (κ2) is 10.1. The minimum atomic E-state index is -0.494. The lowest BCUT2D eigenvalue weighted by molar-refractivity contribution is -0.149. The number of aliphatic hydroxyl groups is 1. The van der Waals surface area contributed by atoms with Gasteiger partial charge in [-0.25, -0.2) is 0 Å². The summed E-state index contributed by atoms with van der Waals surface area (Å²) >= 11 is 0. The zero-order chi connectivity index (χ0) is 14.8. The molecular formula is C14H27NO5. The highest BCUT2D eigenvalue weighted by atomic mass is 16.5. The van der Waals surface area contributed by atoms with E-state index in [1.807, 2.05) is 6.92 Å². The minimum Gasteiger partial charge on any atom is -0.466 e. The van der Waals surface area contributed by atoms with Gasteiger partial charge in [-0.05, 0) is 32.9 Å². The molecule has 20 heavy (non-hydrogen) atoms. The number of aliphatic hydroxyl groups excluding tert-OH is 1. The van der Waals surface area contributed by atoms with Gasteiger partial charge in [0.05, 0.1) is 38.4 Å². The summed E-state index contributed by atoms with van der Waals surface area (Å²) in [5, 5.41) is 9.86. The number of esters is 1. The lowest BCUT2D eigenvalue weighted by Gasteiger charge is -2.32. The van der Waals surface area contributed by atoms with Crippen molar-refractivity contribution in [3.05, 3.63) is 0 Å².